The number of hydrogen-bond acceptors (Lipinski definition) is 5. The van der Waals surface area contributed by atoms with Crippen LogP contribution in [0.5, 0.6) is 0 Å². The molecular formula is C12H26N4O3. The zero-order valence-electron chi connectivity index (χ0n) is 11.4. The first-order valence-corrected chi connectivity index (χ1v) is 6.73. The Kier molecular flexibility index (Phi) is 11.1. The van der Waals surface area contributed by atoms with Crippen molar-refractivity contribution < 1.29 is 14.7 Å². The molecule has 7 N–H and O–H groups in total. The SMILES string of the molecule is NCCCCNCCCN[C@@H](CCC(N)=O)C(=O)O. The van der Waals surface area contributed by atoms with E-state index >= 15 is 0 Å². The van der Waals surface area contributed by atoms with Gasteiger partial charge >= 0.3 is 5.97 Å². The van der Waals surface area contributed by atoms with E-state index < -0.39 is 17.9 Å². The lowest BCUT2D eigenvalue weighted by Gasteiger charge is -2.13. The summed E-state index contributed by atoms with van der Waals surface area (Å²) in [5, 5.41) is 15.1. The lowest BCUT2D eigenvalue weighted by Crippen LogP contribution is -2.38. The van der Waals surface area contributed by atoms with E-state index in [1.807, 2.05) is 0 Å². The van der Waals surface area contributed by atoms with E-state index in [0.29, 0.717) is 13.1 Å². The van der Waals surface area contributed by atoms with Gasteiger partial charge in [0.15, 0.2) is 0 Å². The van der Waals surface area contributed by atoms with Gasteiger partial charge < -0.3 is 27.2 Å². The molecule has 7 nitrogen and oxygen atoms in total. The fourth-order valence-electron chi connectivity index (χ4n) is 1.61. The number of nitrogens with two attached hydrogens (primary N) is 2. The summed E-state index contributed by atoms with van der Waals surface area (Å²) in [7, 11) is 0. The molecule has 7 heteroatoms. The molecule has 0 spiro atoms. The van der Waals surface area contributed by atoms with Gasteiger partial charge in [0.05, 0.1) is 0 Å². The van der Waals surface area contributed by atoms with Gasteiger partial charge in [0.2, 0.25) is 5.91 Å². The number of primary amides is 1. The predicted molar refractivity (Wildman–Crippen MR) is 73.6 cm³/mol. The first-order chi connectivity index (χ1) is 9.07. The Morgan fingerprint density at radius 2 is 1.79 bits per heavy atom. The van der Waals surface area contributed by atoms with E-state index in [1.54, 1.807) is 0 Å². The summed E-state index contributed by atoms with van der Waals surface area (Å²) >= 11 is 0. The molecule has 0 saturated carbocycles. The second-order valence-corrected chi connectivity index (χ2v) is 4.45. The van der Waals surface area contributed by atoms with E-state index in [1.165, 1.54) is 0 Å². The molecule has 1 amide bonds. The number of unbranched alkanes of at least 4 members (excludes halogenated alkanes) is 1. The normalized spacial score (nSPS) is 12.3. The Bertz CT molecular complexity index is 261. The van der Waals surface area contributed by atoms with Crippen LogP contribution in [-0.4, -0.2) is 49.2 Å². The summed E-state index contributed by atoms with van der Waals surface area (Å²) in [6.07, 6.45) is 3.22. The van der Waals surface area contributed by atoms with Gasteiger partial charge in [0.1, 0.15) is 6.04 Å². The first kappa shape index (κ1) is 17.8. The molecule has 0 rings (SSSR count). The van der Waals surface area contributed by atoms with Gasteiger partial charge in [-0.2, -0.15) is 0 Å². The summed E-state index contributed by atoms with van der Waals surface area (Å²) in [6, 6.07) is -0.704. The van der Waals surface area contributed by atoms with Gasteiger partial charge in [-0.1, -0.05) is 0 Å². The maximum absolute atomic E-state index is 10.9. The second-order valence-electron chi connectivity index (χ2n) is 4.45. The van der Waals surface area contributed by atoms with Crippen molar-refractivity contribution in [3.05, 3.63) is 0 Å². The van der Waals surface area contributed by atoms with Crippen LogP contribution in [0.2, 0.25) is 0 Å². The summed E-state index contributed by atoms with van der Waals surface area (Å²) in [5.74, 6) is -1.42. The van der Waals surface area contributed by atoms with Crippen LogP contribution in [0.15, 0.2) is 0 Å². The van der Waals surface area contributed by atoms with Gasteiger partial charge in [-0.3, -0.25) is 9.59 Å². The van der Waals surface area contributed by atoms with Crippen LogP contribution >= 0.6 is 0 Å². The molecule has 0 aliphatic heterocycles. The molecule has 0 aliphatic carbocycles. The van der Waals surface area contributed by atoms with E-state index in [-0.39, 0.29) is 12.8 Å². The number of amides is 1. The second kappa shape index (κ2) is 11.9. The lowest BCUT2D eigenvalue weighted by atomic mass is 10.1. The highest BCUT2D eigenvalue weighted by Gasteiger charge is 2.16. The topological polar surface area (TPSA) is 130 Å². The van der Waals surface area contributed by atoms with Crippen molar-refractivity contribution in [2.24, 2.45) is 11.5 Å². The van der Waals surface area contributed by atoms with Crippen LogP contribution in [0.25, 0.3) is 0 Å². The minimum atomic E-state index is -0.947. The smallest absolute Gasteiger partial charge is 0.320 e. The van der Waals surface area contributed by atoms with Crippen LogP contribution in [0.4, 0.5) is 0 Å². The number of hydrogen-bond donors (Lipinski definition) is 5. The quantitative estimate of drug-likeness (QED) is 0.274. The molecule has 19 heavy (non-hydrogen) atoms. The molecule has 112 valence electrons. The third-order valence-electron chi connectivity index (χ3n) is 2.71. The van der Waals surface area contributed by atoms with Crippen LogP contribution in [0.3, 0.4) is 0 Å². The van der Waals surface area contributed by atoms with Gasteiger partial charge in [-0.05, 0) is 51.9 Å². The number of carboxylic acid groups (broad SMARTS) is 1. The van der Waals surface area contributed by atoms with E-state index in [9.17, 15) is 9.59 Å². The third kappa shape index (κ3) is 11.6. The molecule has 0 fully saturated rings. The Morgan fingerprint density at radius 3 is 2.37 bits per heavy atom. The zero-order valence-corrected chi connectivity index (χ0v) is 11.4. The van der Waals surface area contributed by atoms with E-state index in [0.717, 1.165) is 32.4 Å². The molecule has 0 radical (unpaired) electrons. The minimum absolute atomic E-state index is 0.0846. The maximum Gasteiger partial charge on any atom is 0.320 e. The van der Waals surface area contributed by atoms with Crippen LogP contribution in [0, 0.1) is 0 Å². The van der Waals surface area contributed by atoms with E-state index in [4.69, 9.17) is 16.6 Å². The summed E-state index contributed by atoms with van der Waals surface area (Å²) < 4.78 is 0. The van der Waals surface area contributed by atoms with Crippen molar-refractivity contribution in [2.45, 2.75) is 38.1 Å². The van der Waals surface area contributed by atoms with Crippen LogP contribution in [-0.2, 0) is 9.59 Å². The number of carboxylic acids is 1. The Labute approximate surface area is 114 Å². The van der Waals surface area contributed by atoms with Crippen molar-refractivity contribution in [2.75, 3.05) is 26.2 Å². The van der Waals surface area contributed by atoms with Gasteiger partial charge in [0.25, 0.3) is 0 Å². The molecule has 0 heterocycles. The average molecular weight is 274 g/mol. The number of carbonyl (C=O) groups is 2. The lowest BCUT2D eigenvalue weighted by molar-refractivity contribution is -0.139. The van der Waals surface area contributed by atoms with Gasteiger partial charge in [-0.25, -0.2) is 0 Å². The highest BCUT2D eigenvalue weighted by Crippen LogP contribution is 1.97. The van der Waals surface area contributed by atoms with Gasteiger partial charge in [-0.15, -0.1) is 0 Å². The summed E-state index contributed by atoms with van der Waals surface area (Å²) in [6.45, 7) is 3.07. The third-order valence-corrected chi connectivity index (χ3v) is 2.71. The van der Waals surface area contributed by atoms with Gasteiger partial charge in [0, 0.05) is 6.42 Å². The van der Waals surface area contributed by atoms with Crippen molar-refractivity contribution in [3.63, 3.8) is 0 Å². The molecule has 0 aromatic carbocycles. The Morgan fingerprint density at radius 1 is 1.11 bits per heavy atom. The molecule has 0 aromatic heterocycles. The zero-order chi connectivity index (χ0) is 14.5. The molecule has 1 atom stereocenters. The fraction of sp³-hybridized carbons (Fsp3) is 0.833. The van der Waals surface area contributed by atoms with Crippen LogP contribution < -0.4 is 22.1 Å². The molecule has 0 saturated heterocycles. The summed E-state index contributed by atoms with van der Waals surface area (Å²) in [4.78, 5) is 21.5. The maximum atomic E-state index is 10.9. The largest absolute Gasteiger partial charge is 0.480 e. The Balaban J connectivity index is 3.53. The van der Waals surface area contributed by atoms with Crippen molar-refractivity contribution in [1.82, 2.24) is 10.6 Å². The molecule has 0 unspecified atom stereocenters. The first-order valence-electron chi connectivity index (χ1n) is 6.73. The van der Waals surface area contributed by atoms with Crippen molar-refractivity contribution in [1.29, 1.82) is 0 Å². The monoisotopic (exact) mass is 274 g/mol. The predicted octanol–water partition coefficient (Wildman–Crippen LogP) is -0.987. The Hall–Kier alpha value is -1.18. The number of rotatable bonds is 13. The van der Waals surface area contributed by atoms with E-state index in [2.05, 4.69) is 10.6 Å². The number of carbonyl (C=O) groups excluding carboxylic acids is 1. The molecule has 0 aliphatic rings. The highest BCUT2D eigenvalue weighted by atomic mass is 16.4. The summed E-state index contributed by atoms with van der Waals surface area (Å²) in [5.41, 5.74) is 10.4. The van der Waals surface area contributed by atoms with Crippen molar-refractivity contribution in [3.8, 4) is 0 Å². The number of aliphatic carboxylic acids is 1. The minimum Gasteiger partial charge on any atom is -0.480 e. The standard InChI is InChI=1S/C12H26N4O3/c13-6-1-2-7-15-8-3-9-16-10(12(18)19)4-5-11(14)17/h10,15-16H,1-9,13H2,(H2,14,17)(H,18,19)/t10-/m0/s1. The molecular weight excluding hydrogens is 248 g/mol. The van der Waals surface area contributed by atoms with Crippen molar-refractivity contribution >= 4 is 11.9 Å². The average Bonchev–Trinajstić information content (AvgIpc) is 2.35. The number of nitrogens with one attached hydrogen (secondary N) is 2. The molecule has 0 bridgehead atoms. The fourth-order valence-corrected chi connectivity index (χ4v) is 1.61. The highest BCUT2D eigenvalue weighted by molar-refractivity contribution is 5.77. The molecule has 0 aromatic rings. The van der Waals surface area contributed by atoms with Crippen LogP contribution in [0.1, 0.15) is 32.1 Å².